The molecule has 3 saturated heterocycles. The van der Waals surface area contributed by atoms with Gasteiger partial charge in [-0.05, 0) is 13.8 Å². The zero-order valence-corrected chi connectivity index (χ0v) is 15.4. The van der Waals surface area contributed by atoms with Gasteiger partial charge in [0.25, 0.3) is 0 Å². The lowest BCUT2D eigenvalue weighted by Crippen LogP contribution is -2.72. The van der Waals surface area contributed by atoms with Gasteiger partial charge in [0.1, 0.15) is 30.0 Å². The van der Waals surface area contributed by atoms with Crippen molar-refractivity contribution < 1.29 is 39.1 Å². The molecular weight excluding hydrogens is 356 g/mol. The molecule has 3 heterocycles. The lowest BCUT2D eigenvalue weighted by atomic mass is 9.50. The SMILES string of the molecule is C=C(C)[C@@H]1[C@H]2OC(=O)[C@@H]1[C@]1(O)[C@H]3O[C@H]3[C@@]3(C[C@@H]([C@H](C)O)C(=O)O3)[C@]1(C)[C@@H]2O. The summed E-state index contributed by atoms with van der Waals surface area (Å²) in [4.78, 5) is 25.1. The first kappa shape index (κ1) is 17.6. The molecule has 0 aromatic heterocycles. The monoisotopic (exact) mass is 380 g/mol. The number of esters is 2. The molecule has 1 spiro atoms. The molecule has 27 heavy (non-hydrogen) atoms. The second-order valence-electron chi connectivity index (χ2n) is 9.06. The van der Waals surface area contributed by atoms with E-state index >= 15 is 0 Å². The number of rotatable bonds is 2. The van der Waals surface area contributed by atoms with E-state index in [2.05, 4.69) is 6.58 Å². The number of aliphatic hydroxyl groups excluding tert-OH is 2. The maximum absolute atomic E-state index is 12.7. The van der Waals surface area contributed by atoms with Gasteiger partial charge in [-0.3, -0.25) is 9.59 Å². The van der Waals surface area contributed by atoms with Crippen LogP contribution in [0.3, 0.4) is 0 Å². The van der Waals surface area contributed by atoms with Crippen LogP contribution in [0.1, 0.15) is 27.2 Å². The third kappa shape index (κ3) is 1.59. The van der Waals surface area contributed by atoms with Gasteiger partial charge in [0.15, 0.2) is 5.60 Å². The summed E-state index contributed by atoms with van der Waals surface area (Å²) in [6, 6.07) is 0. The van der Waals surface area contributed by atoms with E-state index in [0.717, 1.165) is 0 Å². The predicted octanol–water partition coefficient (Wildman–Crippen LogP) is -0.704. The standard InChI is InChI=1S/C19H24O8/c1-6(2)9-10-16(23)25-11(9)12(21)17(4)18(13-14(26-13)19(10,17)24)5-8(7(3)20)15(22)27-18/h7-14,20-21,24H,1,5H2,2-4H3/t7-,8-,9-,10+,11+,12+,13+,14-,17-,18-,19-/m0/s1. The fraction of sp³-hybridized carbons (Fsp3) is 0.789. The minimum atomic E-state index is -1.77. The number of carbonyl (C=O) groups is 2. The van der Waals surface area contributed by atoms with Gasteiger partial charge in [-0.2, -0.15) is 0 Å². The smallest absolute Gasteiger partial charge is 0.313 e. The normalized spacial score (nSPS) is 58.5. The Balaban J connectivity index is 1.69. The molecule has 0 unspecified atom stereocenters. The lowest BCUT2D eigenvalue weighted by Gasteiger charge is -2.57. The van der Waals surface area contributed by atoms with E-state index in [-0.39, 0.29) is 6.42 Å². The molecule has 5 aliphatic rings. The van der Waals surface area contributed by atoms with Crippen LogP contribution in [0, 0.1) is 23.2 Å². The van der Waals surface area contributed by atoms with Crippen molar-refractivity contribution in [1.29, 1.82) is 0 Å². The Hall–Kier alpha value is -1.48. The zero-order valence-electron chi connectivity index (χ0n) is 15.4. The fourth-order valence-corrected chi connectivity index (χ4v) is 6.51. The van der Waals surface area contributed by atoms with Crippen molar-refractivity contribution in [2.75, 3.05) is 0 Å². The summed E-state index contributed by atoms with van der Waals surface area (Å²) in [5.41, 5.74) is -3.83. The van der Waals surface area contributed by atoms with Crippen molar-refractivity contribution in [2.24, 2.45) is 23.2 Å². The number of ether oxygens (including phenoxy) is 3. The highest BCUT2D eigenvalue weighted by Crippen LogP contribution is 2.75. The van der Waals surface area contributed by atoms with E-state index in [4.69, 9.17) is 14.2 Å². The van der Waals surface area contributed by atoms with Gasteiger partial charge >= 0.3 is 11.9 Å². The molecule has 2 bridgehead atoms. The highest BCUT2D eigenvalue weighted by atomic mass is 16.7. The molecule has 3 aliphatic heterocycles. The Morgan fingerprint density at radius 2 is 1.96 bits per heavy atom. The minimum Gasteiger partial charge on any atom is -0.459 e. The van der Waals surface area contributed by atoms with E-state index < -0.39 is 76.8 Å². The molecule has 0 aromatic rings. The second-order valence-corrected chi connectivity index (χ2v) is 9.06. The van der Waals surface area contributed by atoms with Crippen LogP contribution in [0.4, 0.5) is 0 Å². The second kappa shape index (κ2) is 4.74. The first-order valence-corrected chi connectivity index (χ1v) is 9.35. The van der Waals surface area contributed by atoms with E-state index in [1.165, 1.54) is 6.92 Å². The molecule has 11 atom stereocenters. The first-order chi connectivity index (χ1) is 12.5. The summed E-state index contributed by atoms with van der Waals surface area (Å²) >= 11 is 0. The summed E-state index contributed by atoms with van der Waals surface area (Å²) in [6.07, 6.45) is -4.37. The molecule has 148 valence electrons. The van der Waals surface area contributed by atoms with Crippen LogP contribution in [0.5, 0.6) is 0 Å². The highest BCUT2D eigenvalue weighted by Gasteiger charge is 2.93. The van der Waals surface area contributed by atoms with Crippen LogP contribution in [0.2, 0.25) is 0 Å². The number of hydrogen-bond acceptors (Lipinski definition) is 8. The Bertz CT molecular complexity index is 778. The molecule has 0 radical (unpaired) electrons. The van der Waals surface area contributed by atoms with Gasteiger partial charge < -0.3 is 29.5 Å². The number of epoxide rings is 1. The maximum atomic E-state index is 12.7. The quantitative estimate of drug-likeness (QED) is 0.326. The fourth-order valence-electron chi connectivity index (χ4n) is 6.51. The van der Waals surface area contributed by atoms with Crippen molar-refractivity contribution in [3.63, 3.8) is 0 Å². The average molecular weight is 380 g/mol. The van der Waals surface area contributed by atoms with E-state index in [0.29, 0.717) is 5.57 Å². The molecule has 3 N–H and O–H groups in total. The molecule has 8 heteroatoms. The third-order valence-corrected chi connectivity index (χ3v) is 7.95. The van der Waals surface area contributed by atoms with E-state index in [1.54, 1.807) is 13.8 Å². The van der Waals surface area contributed by atoms with Gasteiger partial charge in [-0.15, -0.1) is 0 Å². The summed E-state index contributed by atoms with van der Waals surface area (Å²) in [6.45, 7) is 8.80. The van der Waals surface area contributed by atoms with Crippen LogP contribution in [0.25, 0.3) is 0 Å². The molecule has 5 rings (SSSR count). The van der Waals surface area contributed by atoms with Gasteiger partial charge in [0, 0.05) is 12.3 Å². The number of aliphatic hydroxyl groups is 3. The molecule has 0 aromatic carbocycles. The van der Waals surface area contributed by atoms with Crippen LogP contribution in [0.15, 0.2) is 12.2 Å². The third-order valence-electron chi connectivity index (χ3n) is 7.95. The molecule has 2 saturated carbocycles. The number of fused-ring (bicyclic) bond motifs is 8. The molecular formula is C19H24O8. The van der Waals surface area contributed by atoms with Gasteiger partial charge in [-0.25, -0.2) is 0 Å². The molecule has 2 aliphatic carbocycles. The Kier molecular flexibility index (Phi) is 3.09. The first-order valence-electron chi connectivity index (χ1n) is 9.35. The maximum Gasteiger partial charge on any atom is 0.313 e. The summed E-state index contributed by atoms with van der Waals surface area (Å²) < 4.78 is 16.9. The van der Waals surface area contributed by atoms with Crippen molar-refractivity contribution >= 4 is 11.9 Å². The van der Waals surface area contributed by atoms with Crippen LogP contribution < -0.4 is 0 Å². The largest absolute Gasteiger partial charge is 0.459 e. The van der Waals surface area contributed by atoms with Gasteiger partial charge in [0.05, 0.1) is 23.4 Å². The highest BCUT2D eigenvalue weighted by molar-refractivity contribution is 5.81. The Labute approximate surface area is 156 Å². The minimum absolute atomic E-state index is 0.103. The van der Waals surface area contributed by atoms with Crippen molar-refractivity contribution in [3.05, 3.63) is 12.2 Å². The van der Waals surface area contributed by atoms with Gasteiger partial charge in [0.2, 0.25) is 0 Å². The summed E-state index contributed by atoms with van der Waals surface area (Å²) in [5.74, 6) is -3.46. The Morgan fingerprint density at radius 1 is 1.30 bits per heavy atom. The summed E-state index contributed by atoms with van der Waals surface area (Å²) in [5, 5.41) is 33.2. The van der Waals surface area contributed by atoms with Gasteiger partial charge in [-0.1, -0.05) is 19.1 Å². The zero-order chi connectivity index (χ0) is 19.7. The lowest BCUT2D eigenvalue weighted by molar-refractivity contribution is -0.272. The van der Waals surface area contributed by atoms with E-state index in [9.17, 15) is 24.9 Å². The van der Waals surface area contributed by atoms with Crippen molar-refractivity contribution in [2.45, 2.75) is 68.9 Å². The summed E-state index contributed by atoms with van der Waals surface area (Å²) in [7, 11) is 0. The van der Waals surface area contributed by atoms with Crippen LogP contribution >= 0.6 is 0 Å². The number of carbonyl (C=O) groups excluding carboxylic acids is 2. The van der Waals surface area contributed by atoms with Crippen LogP contribution in [-0.2, 0) is 23.8 Å². The van der Waals surface area contributed by atoms with Crippen molar-refractivity contribution in [1.82, 2.24) is 0 Å². The van der Waals surface area contributed by atoms with Crippen molar-refractivity contribution in [3.8, 4) is 0 Å². The molecule has 5 fully saturated rings. The van der Waals surface area contributed by atoms with Crippen LogP contribution in [-0.4, -0.2) is 69.0 Å². The average Bonchev–Trinajstić information content (AvgIpc) is 3.17. The topological polar surface area (TPSA) is 126 Å². The predicted molar refractivity (Wildman–Crippen MR) is 88.0 cm³/mol. The number of hydrogen-bond donors (Lipinski definition) is 3. The van der Waals surface area contributed by atoms with E-state index in [1.807, 2.05) is 0 Å². The Morgan fingerprint density at radius 3 is 2.52 bits per heavy atom. The molecule has 0 amide bonds. The molecule has 8 nitrogen and oxygen atoms in total.